The molecule has 0 bridgehead atoms. The molecule has 0 saturated carbocycles. The van der Waals surface area contributed by atoms with Gasteiger partial charge in [-0.3, -0.25) is 14.2 Å². The van der Waals surface area contributed by atoms with Crippen molar-refractivity contribution in [3.8, 4) is 11.5 Å². The molecule has 0 fully saturated rings. The van der Waals surface area contributed by atoms with E-state index >= 15 is 0 Å². The van der Waals surface area contributed by atoms with Crippen LogP contribution in [0.5, 0.6) is 0 Å². The van der Waals surface area contributed by atoms with Crippen LogP contribution in [0.1, 0.15) is 16.2 Å². The van der Waals surface area contributed by atoms with Crippen molar-refractivity contribution in [1.82, 2.24) is 29.2 Å². The van der Waals surface area contributed by atoms with Gasteiger partial charge in [-0.25, -0.2) is 9.97 Å². The number of rotatable bonds is 5. The van der Waals surface area contributed by atoms with Crippen LogP contribution in [0, 0.1) is 0 Å². The molecule has 7 nitrogen and oxygen atoms in total. The quantitative estimate of drug-likeness (QED) is 0.600. The van der Waals surface area contributed by atoms with Crippen molar-refractivity contribution in [2.75, 3.05) is 6.54 Å². The third kappa shape index (κ3) is 3.06. The van der Waals surface area contributed by atoms with Gasteiger partial charge in [-0.2, -0.15) is 0 Å². The number of imidazole rings is 2. The largest absolute Gasteiger partial charge is 0.350 e. The highest BCUT2D eigenvalue weighted by Gasteiger charge is 2.19. The average molecular weight is 346 g/mol. The van der Waals surface area contributed by atoms with E-state index < -0.39 is 0 Å². The van der Waals surface area contributed by atoms with Crippen LogP contribution in [0.4, 0.5) is 0 Å². The number of nitrogens with zero attached hydrogens (tertiary/aromatic N) is 5. The highest BCUT2D eigenvalue weighted by atomic mass is 16.1. The van der Waals surface area contributed by atoms with Gasteiger partial charge in [-0.15, -0.1) is 0 Å². The highest BCUT2D eigenvalue weighted by molar-refractivity contribution is 5.99. The summed E-state index contributed by atoms with van der Waals surface area (Å²) in [5.74, 6) is 0.447. The van der Waals surface area contributed by atoms with E-state index in [1.807, 2.05) is 64.8 Å². The first kappa shape index (κ1) is 16.0. The summed E-state index contributed by atoms with van der Waals surface area (Å²) in [6.07, 6.45) is 7.90. The second-order valence-electron chi connectivity index (χ2n) is 5.99. The molecule has 4 aromatic heterocycles. The number of nitrogens with one attached hydrogen (secondary N) is 1. The Bertz CT molecular complexity index is 1050. The lowest BCUT2D eigenvalue weighted by Gasteiger charge is -2.03. The van der Waals surface area contributed by atoms with Gasteiger partial charge in [0.05, 0.1) is 11.8 Å². The fourth-order valence-corrected chi connectivity index (χ4v) is 2.85. The maximum absolute atomic E-state index is 12.7. The Morgan fingerprint density at radius 3 is 2.81 bits per heavy atom. The van der Waals surface area contributed by atoms with E-state index in [4.69, 9.17) is 0 Å². The summed E-state index contributed by atoms with van der Waals surface area (Å²) >= 11 is 0. The summed E-state index contributed by atoms with van der Waals surface area (Å²) in [5.41, 5.74) is 2.81. The topological polar surface area (TPSA) is 77.1 Å². The molecule has 7 heteroatoms. The van der Waals surface area contributed by atoms with E-state index in [1.54, 1.807) is 12.5 Å². The summed E-state index contributed by atoms with van der Waals surface area (Å²) in [5, 5.41) is 2.93. The van der Waals surface area contributed by atoms with Crippen LogP contribution in [0.25, 0.3) is 17.0 Å². The van der Waals surface area contributed by atoms with Gasteiger partial charge in [0.2, 0.25) is 0 Å². The number of aryl methyl sites for hydroxylation is 1. The molecule has 0 radical (unpaired) electrons. The molecule has 0 atom stereocenters. The highest BCUT2D eigenvalue weighted by Crippen LogP contribution is 2.21. The summed E-state index contributed by atoms with van der Waals surface area (Å²) in [6, 6.07) is 11.4. The second-order valence-corrected chi connectivity index (χ2v) is 5.99. The van der Waals surface area contributed by atoms with E-state index in [0.29, 0.717) is 24.5 Å². The van der Waals surface area contributed by atoms with Crippen LogP contribution < -0.4 is 5.32 Å². The van der Waals surface area contributed by atoms with Crippen LogP contribution in [0.2, 0.25) is 0 Å². The number of pyridine rings is 2. The Hall–Kier alpha value is -3.48. The van der Waals surface area contributed by atoms with E-state index in [-0.39, 0.29) is 5.91 Å². The SMILES string of the molecule is Cn1cnc(-c2nc(C(=O)NCCc3ccccn3)c3ccccn23)c1. The first-order chi connectivity index (χ1) is 12.7. The van der Waals surface area contributed by atoms with Gasteiger partial charge in [0, 0.05) is 44.3 Å². The molecule has 4 aromatic rings. The van der Waals surface area contributed by atoms with Gasteiger partial charge in [0.15, 0.2) is 11.5 Å². The Morgan fingerprint density at radius 2 is 2.04 bits per heavy atom. The molecule has 0 saturated heterocycles. The van der Waals surface area contributed by atoms with Gasteiger partial charge in [-0.05, 0) is 24.3 Å². The van der Waals surface area contributed by atoms with Gasteiger partial charge in [-0.1, -0.05) is 12.1 Å². The zero-order valence-electron chi connectivity index (χ0n) is 14.3. The summed E-state index contributed by atoms with van der Waals surface area (Å²) < 4.78 is 3.74. The van der Waals surface area contributed by atoms with E-state index in [1.165, 1.54) is 0 Å². The van der Waals surface area contributed by atoms with Gasteiger partial charge < -0.3 is 9.88 Å². The molecule has 0 aliphatic rings. The summed E-state index contributed by atoms with van der Waals surface area (Å²) in [7, 11) is 1.90. The smallest absolute Gasteiger partial charge is 0.272 e. The van der Waals surface area contributed by atoms with Crippen LogP contribution in [0.15, 0.2) is 61.3 Å². The van der Waals surface area contributed by atoms with Gasteiger partial charge in [0.1, 0.15) is 5.69 Å². The zero-order valence-corrected chi connectivity index (χ0v) is 14.3. The minimum atomic E-state index is -0.202. The third-order valence-electron chi connectivity index (χ3n) is 4.09. The predicted octanol–water partition coefficient (Wildman–Crippen LogP) is 2.10. The molecule has 0 aliphatic heterocycles. The number of carbonyl (C=O) groups is 1. The number of fused-ring (bicyclic) bond motifs is 1. The van der Waals surface area contributed by atoms with Crippen LogP contribution in [-0.2, 0) is 13.5 Å². The molecule has 0 aliphatic carbocycles. The van der Waals surface area contributed by atoms with Crippen molar-refractivity contribution in [3.63, 3.8) is 0 Å². The van der Waals surface area contributed by atoms with Crippen molar-refractivity contribution in [2.24, 2.45) is 7.05 Å². The maximum Gasteiger partial charge on any atom is 0.272 e. The molecule has 0 unspecified atom stereocenters. The monoisotopic (exact) mass is 346 g/mol. The lowest BCUT2D eigenvalue weighted by molar-refractivity contribution is 0.0951. The molecule has 0 aromatic carbocycles. The van der Waals surface area contributed by atoms with Crippen LogP contribution in [-0.4, -0.2) is 36.4 Å². The number of carbonyl (C=O) groups excluding carboxylic acids is 1. The van der Waals surface area contributed by atoms with Crippen molar-refractivity contribution in [3.05, 3.63) is 72.7 Å². The number of hydrogen-bond acceptors (Lipinski definition) is 4. The molecule has 26 heavy (non-hydrogen) atoms. The van der Waals surface area contributed by atoms with Crippen molar-refractivity contribution in [1.29, 1.82) is 0 Å². The summed E-state index contributed by atoms with van der Waals surface area (Å²) in [6.45, 7) is 0.501. The van der Waals surface area contributed by atoms with Gasteiger partial charge in [0.25, 0.3) is 5.91 Å². The van der Waals surface area contributed by atoms with Crippen molar-refractivity contribution in [2.45, 2.75) is 6.42 Å². The normalized spacial score (nSPS) is 11.0. The van der Waals surface area contributed by atoms with Crippen molar-refractivity contribution < 1.29 is 4.79 Å². The lowest BCUT2D eigenvalue weighted by atomic mass is 10.2. The van der Waals surface area contributed by atoms with E-state index in [0.717, 1.165) is 16.9 Å². The molecular formula is C19H18N6O. The second kappa shape index (κ2) is 6.79. The lowest BCUT2D eigenvalue weighted by Crippen LogP contribution is -2.26. The molecule has 1 amide bonds. The van der Waals surface area contributed by atoms with Crippen LogP contribution >= 0.6 is 0 Å². The molecule has 4 heterocycles. The van der Waals surface area contributed by atoms with Crippen LogP contribution in [0.3, 0.4) is 0 Å². The number of hydrogen-bond donors (Lipinski definition) is 1. The standard InChI is InChI=1S/C19H18N6O/c1-24-12-15(22-13-24)18-23-17(16-7-3-5-11-25(16)18)19(26)21-10-8-14-6-2-4-9-20-14/h2-7,9,11-13H,8,10H2,1H3,(H,21,26). The predicted molar refractivity (Wildman–Crippen MR) is 97.7 cm³/mol. The molecule has 130 valence electrons. The first-order valence-electron chi connectivity index (χ1n) is 8.36. The minimum absolute atomic E-state index is 0.202. The molecule has 0 spiro atoms. The van der Waals surface area contributed by atoms with E-state index in [2.05, 4.69) is 20.3 Å². The summed E-state index contributed by atoms with van der Waals surface area (Å²) in [4.78, 5) is 25.8. The Balaban J connectivity index is 1.59. The van der Waals surface area contributed by atoms with Gasteiger partial charge >= 0.3 is 0 Å². The Kier molecular flexibility index (Phi) is 4.18. The van der Waals surface area contributed by atoms with E-state index in [9.17, 15) is 4.79 Å². The fraction of sp³-hybridized carbons (Fsp3) is 0.158. The molecular weight excluding hydrogens is 328 g/mol. The first-order valence-corrected chi connectivity index (χ1v) is 8.36. The molecule has 1 N–H and O–H groups in total. The molecule has 4 rings (SSSR count). The Labute approximate surface area is 150 Å². The average Bonchev–Trinajstić information content (AvgIpc) is 3.26. The third-order valence-corrected chi connectivity index (χ3v) is 4.09. The Morgan fingerprint density at radius 1 is 1.15 bits per heavy atom. The zero-order chi connectivity index (χ0) is 17.9. The fourth-order valence-electron chi connectivity index (χ4n) is 2.85. The maximum atomic E-state index is 12.7. The van der Waals surface area contributed by atoms with Crippen molar-refractivity contribution >= 4 is 11.4 Å². The minimum Gasteiger partial charge on any atom is -0.350 e. The number of aromatic nitrogens is 5. The number of amides is 1.